The average molecular weight is 195 g/mol. The summed E-state index contributed by atoms with van der Waals surface area (Å²) in [5, 5.41) is 13.5. The maximum absolute atomic E-state index is 10.2. The van der Waals surface area contributed by atoms with E-state index in [9.17, 15) is 5.11 Å². The van der Waals surface area contributed by atoms with Crippen LogP contribution in [0.1, 0.15) is 24.4 Å². The molecule has 1 aromatic rings. The zero-order valence-corrected chi connectivity index (χ0v) is 8.55. The molecule has 0 saturated carbocycles. The predicted octanol–water partition coefficient (Wildman–Crippen LogP) is 1.25. The molecule has 2 N–H and O–H groups in total. The number of aryl methyl sites for hydroxylation is 1. The van der Waals surface area contributed by atoms with E-state index < -0.39 is 5.60 Å². The van der Waals surface area contributed by atoms with Gasteiger partial charge >= 0.3 is 0 Å². The molecule has 3 heteroatoms. The molecule has 0 radical (unpaired) electrons. The smallest absolute Gasteiger partial charge is 0.107 e. The molecule has 78 valence electrons. The van der Waals surface area contributed by atoms with E-state index in [1.54, 1.807) is 0 Å². The molecule has 1 aliphatic heterocycles. The highest BCUT2D eigenvalue weighted by molar-refractivity contribution is 5.08. The van der Waals surface area contributed by atoms with Crippen molar-refractivity contribution in [3.63, 3.8) is 0 Å². The normalized spacial score (nSPS) is 21.0. The van der Waals surface area contributed by atoms with E-state index in [1.165, 1.54) is 0 Å². The molecular formula is C11H17NO2. The highest BCUT2D eigenvalue weighted by Gasteiger charge is 2.30. The molecule has 1 saturated heterocycles. The van der Waals surface area contributed by atoms with Crippen LogP contribution in [-0.4, -0.2) is 23.8 Å². The summed E-state index contributed by atoms with van der Waals surface area (Å²) >= 11 is 0. The first-order valence-corrected chi connectivity index (χ1v) is 5.16. The molecule has 0 unspecified atom stereocenters. The summed E-state index contributed by atoms with van der Waals surface area (Å²) in [6.07, 6.45) is 2.27. The molecule has 3 nitrogen and oxygen atoms in total. The number of aliphatic hydroxyl groups is 1. The van der Waals surface area contributed by atoms with Crippen LogP contribution in [0.3, 0.4) is 0 Å². The van der Waals surface area contributed by atoms with Crippen molar-refractivity contribution in [3.05, 3.63) is 23.7 Å². The quantitative estimate of drug-likeness (QED) is 0.746. The molecule has 0 aliphatic carbocycles. The molecule has 0 spiro atoms. The van der Waals surface area contributed by atoms with E-state index in [0.717, 1.165) is 37.5 Å². The fourth-order valence-corrected chi connectivity index (χ4v) is 1.97. The fraction of sp³-hybridized carbons (Fsp3) is 0.636. The summed E-state index contributed by atoms with van der Waals surface area (Å²) in [5.74, 6) is 1.81. The summed E-state index contributed by atoms with van der Waals surface area (Å²) in [6.45, 7) is 3.72. The van der Waals surface area contributed by atoms with Gasteiger partial charge in [-0.1, -0.05) is 0 Å². The first-order chi connectivity index (χ1) is 6.68. The second-order valence-electron chi connectivity index (χ2n) is 4.16. The standard InChI is InChI=1S/C11H17NO2/c1-9-2-3-10(14-9)8-11(13)4-6-12-7-5-11/h2-3,12-13H,4-8H2,1H3. The third kappa shape index (κ3) is 2.16. The van der Waals surface area contributed by atoms with Gasteiger partial charge in [0.2, 0.25) is 0 Å². The SMILES string of the molecule is Cc1ccc(CC2(O)CCNCC2)o1. The van der Waals surface area contributed by atoms with Crippen LogP contribution in [0.4, 0.5) is 0 Å². The Balaban J connectivity index is 2.01. The Morgan fingerprint density at radius 2 is 2.14 bits per heavy atom. The van der Waals surface area contributed by atoms with Crippen LogP contribution in [0.2, 0.25) is 0 Å². The highest BCUT2D eigenvalue weighted by atomic mass is 16.3. The van der Waals surface area contributed by atoms with Crippen molar-refractivity contribution in [1.29, 1.82) is 0 Å². The number of nitrogens with one attached hydrogen (secondary N) is 1. The number of rotatable bonds is 2. The fourth-order valence-electron chi connectivity index (χ4n) is 1.97. The van der Waals surface area contributed by atoms with Gasteiger partial charge in [0.25, 0.3) is 0 Å². The number of piperidine rings is 1. The van der Waals surface area contributed by atoms with Crippen molar-refractivity contribution < 1.29 is 9.52 Å². The first kappa shape index (κ1) is 9.74. The summed E-state index contributed by atoms with van der Waals surface area (Å²) in [7, 11) is 0. The number of hydrogen-bond donors (Lipinski definition) is 2. The van der Waals surface area contributed by atoms with E-state index in [2.05, 4.69) is 5.32 Å². The molecule has 1 aromatic heterocycles. The first-order valence-electron chi connectivity index (χ1n) is 5.16. The largest absolute Gasteiger partial charge is 0.466 e. The van der Waals surface area contributed by atoms with Crippen LogP contribution in [0.5, 0.6) is 0 Å². The van der Waals surface area contributed by atoms with Crippen molar-refractivity contribution in [2.24, 2.45) is 0 Å². The molecule has 2 rings (SSSR count). The summed E-state index contributed by atoms with van der Waals surface area (Å²) in [6, 6.07) is 3.90. The lowest BCUT2D eigenvalue weighted by Crippen LogP contribution is -2.43. The van der Waals surface area contributed by atoms with Crippen LogP contribution in [0.25, 0.3) is 0 Å². The molecule has 0 bridgehead atoms. The highest BCUT2D eigenvalue weighted by Crippen LogP contribution is 2.24. The zero-order chi connectivity index (χ0) is 10.0. The lowest BCUT2D eigenvalue weighted by Gasteiger charge is -2.31. The Morgan fingerprint density at radius 3 is 2.71 bits per heavy atom. The minimum absolute atomic E-state index is 0.560. The van der Waals surface area contributed by atoms with Gasteiger partial charge in [0.05, 0.1) is 5.60 Å². The Kier molecular flexibility index (Phi) is 2.61. The topological polar surface area (TPSA) is 45.4 Å². The Labute approximate surface area is 84.1 Å². The minimum atomic E-state index is -0.560. The third-order valence-electron chi connectivity index (χ3n) is 2.83. The molecule has 0 aromatic carbocycles. The molecule has 2 heterocycles. The second kappa shape index (κ2) is 3.75. The van der Waals surface area contributed by atoms with Gasteiger partial charge in [-0.25, -0.2) is 0 Å². The minimum Gasteiger partial charge on any atom is -0.466 e. The molecule has 14 heavy (non-hydrogen) atoms. The van der Waals surface area contributed by atoms with Gasteiger partial charge in [-0.05, 0) is 45.0 Å². The van der Waals surface area contributed by atoms with Gasteiger partial charge in [-0.3, -0.25) is 0 Å². The van der Waals surface area contributed by atoms with Crippen LogP contribution < -0.4 is 5.32 Å². The summed E-state index contributed by atoms with van der Waals surface area (Å²) < 4.78 is 5.47. The Bertz CT molecular complexity index is 300. The average Bonchev–Trinajstić information content (AvgIpc) is 2.51. The van der Waals surface area contributed by atoms with Gasteiger partial charge < -0.3 is 14.8 Å². The zero-order valence-electron chi connectivity index (χ0n) is 8.55. The summed E-state index contributed by atoms with van der Waals surface area (Å²) in [4.78, 5) is 0. The number of furan rings is 1. The molecule has 0 amide bonds. The molecule has 1 aliphatic rings. The van der Waals surface area contributed by atoms with E-state index in [0.29, 0.717) is 6.42 Å². The van der Waals surface area contributed by atoms with Crippen molar-refractivity contribution in [3.8, 4) is 0 Å². The van der Waals surface area contributed by atoms with Crippen LogP contribution in [0, 0.1) is 6.92 Å². The van der Waals surface area contributed by atoms with E-state index >= 15 is 0 Å². The van der Waals surface area contributed by atoms with E-state index in [-0.39, 0.29) is 0 Å². The molecule has 1 fully saturated rings. The van der Waals surface area contributed by atoms with E-state index in [1.807, 2.05) is 19.1 Å². The maximum Gasteiger partial charge on any atom is 0.107 e. The van der Waals surface area contributed by atoms with Crippen LogP contribution in [-0.2, 0) is 6.42 Å². The molecule has 0 atom stereocenters. The van der Waals surface area contributed by atoms with Gasteiger partial charge in [0.15, 0.2) is 0 Å². The Hall–Kier alpha value is -0.800. The monoisotopic (exact) mass is 195 g/mol. The maximum atomic E-state index is 10.2. The third-order valence-corrected chi connectivity index (χ3v) is 2.83. The second-order valence-corrected chi connectivity index (χ2v) is 4.16. The van der Waals surface area contributed by atoms with Crippen molar-refractivity contribution in [2.45, 2.75) is 31.8 Å². The van der Waals surface area contributed by atoms with Gasteiger partial charge in [-0.2, -0.15) is 0 Å². The van der Waals surface area contributed by atoms with E-state index in [4.69, 9.17) is 4.42 Å². The lowest BCUT2D eigenvalue weighted by molar-refractivity contribution is 0.00648. The van der Waals surface area contributed by atoms with Gasteiger partial charge in [0, 0.05) is 6.42 Å². The van der Waals surface area contributed by atoms with Crippen molar-refractivity contribution in [2.75, 3.05) is 13.1 Å². The Morgan fingerprint density at radius 1 is 1.43 bits per heavy atom. The van der Waals surface area contributed by atoms with Crippen LogP contribution >= 0.6 is 0 Å². The van der Waals surface area contributed by atoms with Crippen molar-refractivity contribution >= 4 is 0 Å². The summed E-state index contributed by atoms with van der Waals surface area (Å²) in [5.41, 5.74) is -0.560. The van der Waals surface area contributed by atoms with Gasteiger partial charge in [-0.15, -0.1) is 0 Å². The lowest BCUT2D eigenvalue weighted by atomic mass is 9.88. The van der Waals surface area contributed by atoms with Crippen molar-refractivity contribution in [1.82, 2.24) is 5.32 Å². The predicted molar refractivity (Wildman–Crippen MR) is 54.2 cm³/mol. The molecular weight excluding hydrogens is 178 g/mol. The number of hydrogen-bond acceptors (Lipinski definition) is 3. The van der Waals surface area contributed by atoms with Crippen LogP contribution in [0.15, 0.2) is 16.5 Å². The van der Waals surface area contributed by atoms with Gasteiger partial charge in [0.1, 0.15) is 11.5 Å².